The fourth-order valence-electron chi connectivity index (χ4n) is 2.09. The normalized spacial score (nSPS) is 19.6. The van der Waals surface area contributed by atoms with Crippen molar-refractivity contribution in [3.05, 3.63) is 0 Å². The van der Waals surface area contributed by atoms with Crippen LogP contribution in [0.15, 0.2) is 0 Å². The van der Waals surface area contributed by atoms with Gasteiger partial charge in [0.15, 0.2) is 0 Å². The first kappa shape index (κ1) is 13.3. The van der Waals surface area contributed by atoms with Crippen LogP contribution < -0.4 is 5.73 Å². The maximum absolute atomic E-state index is 11.4. The van der Waals surface area contributed by atoms with Gasteiger partial charge in [-0.1, -0.05) is 0 Å². The lowest BCUT2D eigenvalue weighted by atomic mass is 9.90. The minimum absolute atomic E-state index is 0.241. The molecular formula is C11H22N2O3. The molecular weight excluding hydrogens is 208 g/mol. The van der Waals surface area contributed by atoms with E-state index in [1.54, 1.807) is 11.8 Å². The summed E-state index contributed by atoms with van der Waals surface area (Å²) in [6.07, 6.45) is 1.74. The minimum atomic E-state index is -0.325. The van der Waals surface area contributed by atoms with Gasteiger partial charge < -0.3 is 20.5 Å². The van der Waals surface area contributed by atoms with Gasteiger partial charge in [0.25, 0.3) is 0 Å². The highest BCUT2D eigenvalue weighted by Gasteiger charge is 2.27. The average molecular weight is 230 g/mol. The Morgan fingerprint density at radius 3 is 2.69 bits per heavy atom. The van der Waals surface area contributed by atoms with E-state index in [2.05, 4.69) is 0 Å². The number of piperidine rings is 1. The Hall–Kier alpha value is -0.810. The highest BCUT2D eigenvalue weighted by Crippen LogP contribution is 2.22. The number of amides is 1. The fraction of sp³-hybridized carbons (Fsp3) is 0.909. The third-order valence-electron chi connectivity index (χ3n) is 3.07. The molecule has 1 aliphatic heterocycles. The number of nitrogens with two attached hydrogens (primary N) is 1. The number of hydrogen-bond acceptors (Lipinski definition) is 4. The first-order chi connectivity index (χ1) is 7.69. The topological polar surface area (TPSA) is 75.8 Å². The second-order valence-electron chi connectivity index (χ2n) is 4.17. The molecule has 0 aromatic rings. The first-order valence-electron chi connectivity index (χ1n) is 5.98. The summed E-state index contributed by atoms with van der Waals surface area (Å²) >= 11 is 0. The van der Waals surface area contributed by atoms with E-state index >= 15 is 0 Å². The quantitative estimate of drug-likeness (QED) is 0.740. The number of rotatable bonds is 4. The average Bonchev–Trinajstić information content (AvgIpc) is 2.30. The Morgan fingerprint density at radius 2 is 2.19 bits per heavy atom. The van der Waals surface area contributed by atoms with Crippen LogP contribution in [0, 0.1) is 5.92 Å². The minimum Gasteiger partial charge on any atom is -0.450 e. The SMILES string of the molecule is CCOC(=O)N1CCC([C@H](O)CCN)CC1. The van der Waals surface area contributed by atoms with Gasteiger partial charge in [-0.3, -0.25) is 0 Å². The van der Waals surface area contributed by atoms with E-state index in [-0.39, 0.29) is 18.1 Å². The summed E-state index contributed by atoms with van der Waals surface area (Å²) in [4.78, 5) is 13.1. The smallest absolute Gasteiger partial charge is 0.409 e. The third kappa shape index (κ3) is 3.64. The Morgan fingerprint density at radius 1 is 1.56 bits per heavy atom. The molecule has 0 spiro atoms. The van der Waals surface area contributed by atoms with Crippen LogP contribution in [0.3, 0.4) is 0 Å². The molecule has 0 aromatic carbocycles. The predicted octanol–water partition coefficient (Wildman–Crippen LogP) is 0.565. The monoisotopic (exact) mass is 230 g/mol. The van der Waals surface area contributed by atoms with Crippen LogP contribution in [0.2, 0.25) is 0 Å². The fourth-order valence-corrected chi connectivity index (χ4v) is 2.09. The molecule has 0 aliphatic carbocycles. The Balaban J connectivity index is 2.30. The number of likely N-dealkylation sites (tertiary alicyclic amines) is 1. The van der Waals surface area contributed by atoms with E-state index in [0.29, 0.717) is 32.7 Å². The lowest BCUT2D eigenvalue weighted by Crippen LogP contribution is -2.41. The van der Waals surface area contributed by atoms with Crippen molar-refractivity contribution in [2.24, 2.45) is 11.7 Å². The molecule has 0 bridgehead atoms. The van der Waals surface area contributed by atoms with Crippen LogP contribution in [0.25, 0.3) is 0 Å². The molecule has 5 nitrogen and oxygen atoms in total. The Bertz CT molecular complexity index is 215. The van der Waals surface area contributed by atoms with E-state index in [1.807, 2.05) is 0 Å². The van der Waals surface area contributed by atoms with Crippen molar-refractivity contribution >= 4 is 6.09 Å². The lowest BCUT2D eigenvalue weighted by molar-refractivity contribution is 0.0461. The van der Waals surface area contributed by atoms with Gasteiger partial charge >= 0.3 is 6.09 Å². The van der Waals surface area contributed by atoms with Crippen LogP contribution in [0.5, 0.6) is 0 Å². The Labute approximate surface area is 96.6 Å². The molecule has 1 fully saturated rings. The van der Waals surface area contributed by atoms with Gasteiger partial charge in [-0.05, 0) is 38.6 Å². The zero-order valence-electron chi connectivity index (χ0n) is 9.89. The molecule has 0 aromatic heterocycles. The summed E-state index contributed by atoms with van der Waals surface area (Å²) in [5.41, 5.74) is 5.41. The van der Waals surface area contributed by atoms with Crippen molar-refractivity contribution in [3.63, 3.8) is 0 Å². The van der Waals surface area contributed by atoms with E-state index < -0.39 is 0 Å². The number of hydrogen-bond donors (Lipinski definition) is 2. The van der Waals surface area contributed by atoms with Crippen LogP contribution in [0.1, 0.15) is 26.2 Å². The maximum atomic E-state index is 11.4. The van der Waals surface area contributed by atoms with Crippen molar-refractivity contribution in [3.8, 4) is 0 Å². The molecule has 1 heterocycles. The molecule has 0 radical (unpaired) electrons. The van der Waals surface area contributed by atoms with Crippen molar-refractivity contribution in [2.45, 2.75) is 32.3 Å². The zero-order chi connectivity index (χ0) is 12.0. The van der Waals surface area contributed by atoms with Gasteiger partial charge in [-0.2, -0.15) is 0 Å². The number of nitrogens with zero attached hydrogens (tertiary/aromatic N) is 1. The summed E-state index contributed by atoms with van der Waals surface area (Å²) in [5, 5.41) is 9.79. The molecule has 1 atom stereocenters. The van der Waals surface area contributed by atoms with Crippen molar-refractivity contribution in [2.75, 3.05) is 26.2 Å². The van der Waals surface area contributed by atoms with E-state index in [9.17, 15) is 9.90 Å². The van der Waals surface area contributed by atoms with E-state index in [4.69, 9.17) is 10.5 Å². The summed E-state index contributed by atoms with van der Waals surface area (Å²) in [6.45, 7) is 4.07. The summed E-state index contributed by atoms with van der Waals surface area (Å²) in [5.74, 6) is 0.272. The van der Waals surface area contributed by atoms with Gasteiger partial charge in [0.2, 0.25) is 0 Å². The van der Waals surface area contributed by atoms with Crippen molar-refractivity contribution < 1.29 is 14.6 Å². The van der Waals surface area contributed by atoms with Gasteiger partial charge in [0, 0.05) is 13.1 Å². The number of aliphatic hydroxyl groups is 1. The first-order valence-corrected chi connectivity index (χ1v) is 5.98. The molecule has 94 valence electrons. The van der Waals surface area contributed by atoms with E-state index in [0.717, 1.165) is 12.8 Å². The third-order valence-corrected chi connectivity index (χ3v) is 3.07. The number of carbonyl (C=O) groups excluding carboxylic acids is 1. The van der Waals surface area contributed by atoms with Crippen molar-refractivity contribution in [1.29, 1.82) is 0 Å². The van der Waals surface area contributed by atoms with Gasteiger partial charge in [-0.25, -0.2) is 4.79 Å². The van der Waals surface area contributed by atoms with Crippen LogP contribution in [-0.2, 0) is 4.74 Å². The van der Waals surface area contributed by atoms with Crippen molar-refractivity contribution in [1.82, 2.24) is 4.90 Å². The van der Waals surface area contributed by atoms with Crippen LogP contribution >= 0.6 is 0 Å². The summed E-state index contributed by atoms with van der Waals surface area (Å²) in [6, 6.07) is 0. The highest BCUT2D eigenvalue weighted by atomic mass is 16.6. The highest BCUT2D eigenvalue weighted by molar-refractivity contribution is 5.67. The van der Waals surface area contributed by atoms with Crippen LogP contribution in [0.4, 0.5) is 4.79 Å². The van der Waals surface area contributed by atoms with Gasteiger partial charge in [0.05, 0.1) is 12.7 Å². The van der Waals surface area contributed by atoms with Gasteiger partial charge in [-0.15, -0.1) is 0 Å². The molecule has 1 aliphatic rings. The second kappa shape index (κ2) is 6.70. The number of carbonyl (C=O) groups is 1. The number of ether oxygens (including phenoxy) is 1. The van der Waals surface area contributed by atoms with Crippen LogP contribution in [-0.4, -0.2) is 48.4 Å². The lowest BCUT2D eigenvalue weighted by Gasteiger charge is -2.33. The molecule has 0 unspecified atom stereocenters. The predicted molar refractivity (Wildman–Crippen MR) is 61.0 cm³/mol. The molecule has 1 amide bonds. The standard InChI is InChI=1S/C11H22N2O3/c1-2-16-11(15)13-7-4-9(5-8-13)10(14)3-6-12/h9-10,14H,2-8,12H2,1H3/t10-/m1/s1. The number of aliphatic hydroxyl groups excluding tert-OH is 1. The summed E-state index contributed by atoms with van der Waals surface area (Å²) < 4.78 is 4.93. The molecule has 0 saturated carbocycles. The molecule has 5 heteroatoms. The Kier molecular flexibility index (Phi) is 5.55. The van der Waals surface area contributed by atoms with Gasteiger partial charge in [0.1, 0.15) is 0 Å². The second-order valence-corrected chi connectivity index (χ2v) is 4.17. The molecule has 16 heavy (non-hydrogen) atoms. The van der Waals surface area contributed by atoms with E-state index in [1.165, 1.54) is 0 Å². The largest absolute Gasteiger partial charge is 0.450 e. The maximum Gasteiger partial charge on any atom is 0.409 e. The zero-order valence-corrected chi connectivity index (χ0v) is 9.89. The molecule has 3 N–H and O–H groups in total. The molecule has 1 saturated heterocycles. The summed E-state index contributed by atoms with van der Waals surface area (Å²) in [7, 11) is 0. The molecule has 1 rings (SSSR count).